The summed E-state index contributed by atoms with van der Waals surface area (Å²) in [4.78, 5) is 9.70. The van der Waals surface area contributed by atoms with E-state index < -0.39 is 0 Å². The van der Waals surface area contributed by atoms with Gasteiger partial charge >= 0.3 is 0 Å². The van der Waals surface area contributed by atoms with Crippen molar-refractivity contribution in [2.75, 3.05) is 39.8 Å². The highest BCUT2D eigenvalue weighted by Gasteiger charge is 2.21. The van der Waals surface area contributed by atoms with Crippen LogP contribution in [0.1, 0.15) is 43.9 Å². The molecule has 1 aromatic heterocycles. The minimum absolute atomic E-state index is 0. The van der Waals surface area contributed by atoms with Crippen LogP contribution in [-0.2, 0) is 13.1 Å². The molecule has 1 N–H and O–H groups in total. The third-order valence-corrected chi connectivity index (χ3v) is 6.15. The fourth-order valence-electron chi connectivity index (χ4n) is 4.34. The number of hydrogen-bond acceptors (Lipinski definition) is 6. The van der Waals surface area contributed by atoms with Gasteiger partial charge in [-0.2, -0.15) is 0 Å². The zero-order chi connectivity index (χ0) is 22.2. The number of nitrogens with one attached hydrogen (secondary N) is 1. The molecule has 2 aromatic rings. The van der Waals surface area contributed by atoms with Crippen LogP contribution >= 0.6 is 24.0 Å². The van der Waals surface area contributed by atoms with Crippen molar-refractivity contribution in [2.24, 2.45) is 4.99 Å². The Hall–Kier alpha value is -2.01. The number of halogens is 1. The average molecular weight is 569 g/mol. The van der Waals surface area contributed by atoms with E-state index in [2.05, 4.69) is 33.3 Å². The number of guanidine groups is 1. The van der Waals surface area contributed by atoms with Crippen molar-refractivity contribution < 1.29 is 14.0 Å². The molecule has 1 aliphatic heterocycles. The summed E-state index contributed by atoms with van der Waals surface area (Å²) in [6.07, 6.45) is 6.68. The maximum absolute atomic E-state index is 6.35. The second-order valence-corrected chi connectivity index (χ2v) is 8.42. The highest BCUT2D eigenvalue weighted by atomic mass is 127. The summed E-state index contributed by atoms with van der Waals surface area (Å²) in [5.41, 5.74) is 2.08. The van der Waals surface area contributed by atoms with Crippen LogP contribution in [0.15, 0.2) is 40.0 Å². The second-order valence-electron chi connectivity index (χ2n) is 8.42. The van der Waals surface area contributed by atoms with E-state index in [1.54, 1.807) is 13.4 Å². The Labute approximate surface area is 213 Å². The Morgan fingerprint density at radius 3 is 2.64 bits per heavy atom. The number of rotatable bonds is 8. The third-order valence-electron chi connectivity index (χ3n) is 6.15. The van der Waals surface area contributed by atoms with Crippen LogP contribution in [0.4, 0.5) is 0 Å². The fourth-order valence-corrected chi connectivity index (χ4v) is 4.34. The van der Waals surface area contributed by atoms with Gasteiger partial charge in [0.15, 0.2) is 5.96 Å². The molecule has 2 heterocycles. The molecule has 2 aliphatic rings. The normalized spacial score (nSPS) is 17.6. The molecule has 0 unspecified atom stereocenters. The van der Waals surface area contributed by atoms with Crippen LogP contribution in [0.5, 0.6) is 11.5 Å². The number of piperazine rings is 1. The zero-order valence-electron chi connectivity index (χ0n) is 19.7. The van der Waals surface area contributed by atoms with Gasteiger partial charge in [0.05, 0.1) is 25.5 Å². The van der Waals surface area contributed by atoms with Gasteiger partial charge in [-0.05, 0) is 44.7 Å². The van der Waals surface area contributed by atoms with Gasteiger partial charge in [-0.1, -0.05) is 5.16 Å². The number of aromatic nitrogens is 1. The summed E-state index contributed by atoms with van der Waals surface area (Å²) in [7, 11) is 1.69. The van der Waals surface area contributed by atoms with Crippen LogP contribution in [0.25, 0.3) is 0 Å². The molecule has 0 spiro atoms. The molecular weight excluding hydrogens is 533 g/mol. The smallest absolute Gasteiger partial charge is 0.194 e. The first-order valence-electron chi connectivity index (χ1n) is 11.7. The lowest BCUT2D eigenvalue weighted by Gasteiger charge is -2.36. The fraction of sp³-hybridized carbons (Fsp3) is 0.583. The summed E-state index contributed by atoms with van der Waals surface area (Å²) < 4.78 is 16.7. The lowest BCUT2D eigenvalue weighted by molar-refractivity contribution is 0.169. The van der Waals surface area contributed by atoms with Crippen molar-refractivity contribution in [1.82, 2.24) is 20.3 Å². The zero-order valence-corrected chi connectivity index (χ0v) is 22.0. The number of hydrogen-bond donors (Lipinski definition) is 1. The van der Waals surface area contributed by atoms with E-state index in [0.29, 0.717) is 12.6 Å². The molecule has 0 amide bonds. The van der Waals surface area contributed by atoms with Crippen LogP contribution < -0.4 is 14.8 Å². The van der Waals surface area contributed by atoms with E-state index in [-0.39, 0.29) is 24.0 Å². The molecule has 9 heteroatoms. The first-order valence-corrected chi connectivity index (χ1v) is 11.7. The summed E-state index contributed by atoms with van der Waals surface area (Å²) >= 11 is 0. The van der Waals surface area contributed by atoms with E-state index in [0.717, 1.165) is 80.8 Å². The molecule has 1 saturated heterocycles. The number of methoxy groups -OCH3 is 1. The summed E-state index contributed by atoms with van der Waals surface area (Å²) in [5.74, 6) is 2.67. The monoisotopic (exact) mass is 569 g/mol. The van der Waals surface area contributed by atoms with Crippen molar-refractivity contribution in [3.05, 3.63) is 41.8 Å². The molecule has 1 saturated carbocycles. The molecule has 0 atom stereocenters. The first-order chi connectivity index (χ1) is 15.7. The van der Waals surface area contributed by atoms with Crippen molar-refractivity contribution in [2.45, 2.75) is 51.8 Å². The third kappa shape index (κ3) is 7.23. The lowest BCUT2D eigenvalue weighted by atomic mass is 10.2. The van der Waals surface area contributed by atoms with Gasteiger partial charge < -0.3 is 24.2 Å². The van der Waals surface area contributed by atoms with Crippen LogP contribution in [0.3, 0.4) is 0 Å². The quantitative estimate of drug-likeness (QED) is 0.294. The Kier molecular flexibility index (Phi) is 10.1. The van der Waals surface area contributed by atoms with Gasteiger partial charge in [0.25, 0.3) is 0 Å². The Morgan fingerprint density at radius 2 is 1.97 bits per heavy atom. The Morgan fingerprint density at radius 1 is 1.18 bits per heavy atom. The minimum atomic E-state index is 0. The maximum atomic E-state index is 6.35. The molecule has 0 bridgehead atoms. The molecule has 8 nitrogen and oxygen atoms in total. The summed E-state index contributed by atoms with van der Waals surface area (Å²) in [5, 5.41) is 7.49. The Balaban J connectivity index is 0.00000306. The van der Waals surface area contributed by atoms with Crippen LogP contribution in [-0.4, -0.2) is 66.9 Å². The van der Waals surface area contributed by atoms with Gasteiger partial charge in [0, 0.05) is 57.0 Å². The number of benzene rings is 1. The highest BCUT2D eigenvalue weighted by molar-refractivity contribution is 14.0. The van der Waals surface area contributed by atoms with Gasteiger partial charge in [-0.15, -0.1) is 24.0 Å². The number of ether oxygens (including phenoxy) is 2. The van der Waals surface area contributed by atoms with E-state index in [1.165, 1.54) is 12.8 Å². The van der Waals surface area contributed by atoms with E-state index >= 15 is 0 Å². The van der Waals surface area contributed by atoms with Gasteiger partial charge in [-0.25, -0.2) is 4.99 Å². The summed E-state index contributed by atoms with van der Waals surface area (Å²) in [6, 6.07) is 7.99. The summed E-state index contributed by atoms with van der Waals surface area (Å²) in [6.45, 7) is 8.14. The van der Waals surface area contributed by atoms with E-state index in [1.807, 2.05) is 18.2 Å². The SMILES string of the molecule is CCNC(=NCc1ccc(OC)cc1OC1CCCC1)N1CCN(Cc2ccon2)CC1.I. The van der Waals surface area contributed by atoms with Crippen molar-refractivity contribution in [3.8, 4) is 11.5 Å². The van der Waals surface area contributed by atoms with Crippen molar-refractivity contribution in [3.63, 3.8) is 0 Å². The second kappa shape index (κ2) is 13.0. The molecule has 33 heavy (non-hydrogen) atoms. The number of nitrogens with zero attached hydrogens (tertiary/aromatic N) is 4. The molecular formula is C24H36IN5O3. The standard InChI is InChI=1S/C24H35N5O3.HI/c1-3-25-24(29-13-11-28(12-14-29)18-20-10-15-31-27-20)26-17-19-8-9-22(30-2)16-23(19)32-21-6-4-5-7-21;/h8-10,15-16,21H,3-7,11-14,17-18H2,1-2H3,(H,25,26);1H. The molecule has 4 rings (SSSR count). The lowest BCUT2D eigenvalue weighted by Crippen LogP contribution is -2.52. The van der Waals surface area contributed by atoms with Gasteiger partial charge in [-0.3, -0.25) is 4.90 Å². The average Bonchev–Trinajstić information content (AvgIpc) is 3.52. The molecule has 182 valence electrons. The predicted octanol–water partition coefficient (Wildman–Crippen LogP) is 3.91. The van der Waals surface area contributed by atoms with E-state index in [9.17, 15) is 0 Å². The maximum Gasteiger partial charge on any atom is 0.194 e. The van der Waals surface area contributed by atoms with Crippen LogP contribution in [0, 0.1) is 0 Å². The van der Waals surface area contributed by atoms with Gasteiger partial charge in [0.1, 0.15) is 17.8 Å². The predicted molar refractivity (Wildman–Crippen MR) is 139 cm³/mol. The number of aliphatic imine (C=N–C) groups is 1. The minimum Gasteiger partial charge on any atom is -0.497 e. The van der Waals surface area contributed by atoms with Gasteiger partial charge in [0.2, 0.25) is 0 Å². The highest BCUT2D eigenvalue weighted by Crippen LogP contribution is 2.30. The van der Waals surface area contributed by atoms with Crippen molar-refractivity contribution >= 4 is 29.9 Å². The first kappa shape index (κ1) is 25.6. The molecule has 2 fully saturated rings. The Bertz CT molecular complexity index is 863. The molecule has 1 aromatic carbocycles. The molecule has 0 radical (unpaired) electrons. The van der Waals surface area contributed by atoms with E-state index in [4.69, 9.17) is 19.0 Å². The molecule has 1 aliphatic carbocycles. The van der Waals surface area contributed by atoms with Crippen LogP contribution in [0.2, 0.25) is 0 Å². The largest absolute Gasteiger partial charge is 0.497 e. The topological polar surface area (TPSA) is 75.4 Å². The van der Waals surface area contributed by atoms with Crippen molar-refractivity contribution in [1.29, 1.82) is 0 Å².